The van der Waals surface area contributed by atoms with E-state index in [-0.39, 0.29) is 0 Å². The molecule has 128 valence electrons. The van der Waals surface area contributed by atoms with E-state index in [1.165, 1.54) is 38.4 Å². The van der Waals surface area contributed by atoms with Crippen molar-refractivity contribution in [1.82, 2.24) is 0 Å². The first-order valence-corrected chi connectivity index (χ1v) is 9.16. The molecule has 0 bridgehead atoms. The van der Waals surface area contributed by atoms with Crippen LogP contribution in [0.25, 0.3) is 38.4 Å². The van der Waals surface area contributed by atoms with E-state index in [0.717, 1.165) is 0 Å². The summed E-state index contributed by atoms with van der Waals surface area (Å²) in [5, 5.41) is 5.09. The standard InChI is InChI=1S/C25H20N2/c1-26-12-8-19(9-13-26)20-10-14-27(15-11-20)25-7-6-23-16-21-4-2-3-5-22(21)17-24(23)18-25/h2-18H,1H3/q+2. The predicted octanol–water partition coefficient (Wildman–Crippen LogP) is 4.76. The van der Waals surface area contributed by atoms with Gasteiger partial charge in [-0.1, -0.05) is 24.3 Å². The lowest BCUT2D eigenvalue weighted by Crippen LogP contribution is -2.29. The monoisotopic (exact) mass is 348 g/mol. The molecule has 0 amide bonds. The van der Waals surface area contributed by atoms with Crippen molar-refractivity contribution in [1.29, 1.82) is 0 Å². The van der Waals surface area contributed by atoms with Crippen LogP contribution in [0.4, 0.5) is 0 Å². The highest BCUT2D eigenvalue weighted by Crippen LogP contribution is 2.24. The molecule has 0 saturated heterocycles. The number of rotatable bonds is 2. The number of pyridine rings is 2. The summed E-state index contributed by atoms with van der Waals surface area (Å²) in [5.41, 5.74) is 3.62. The number of hydrogen-bond acceptors (Lipinski definition) is 0. The minimum absolute atomic E-state index is 1.17. The molecule has 3 aromatic carbocycles. The van der Waals surface area contributed by atoms with Crippen molar-refractivity contribution >= 4 is 21.5 Å². The van der Waals surface area contributed by atoms with Crippen LogP contribution >= 0.6 is 0 Å². The number of aromatic nitrogens is 2. The summed E-state index contributed by atoms with van der Waals surface area (Å²) >= 11 is 0. The third-order valence-corrected chi connectivity index (χ3v) is 5.13. The van der Waals surface area contributed by atoms with Crippen molar-refractivity contribution in [2.45, 2.75) is 0 Å². The minimum atomic E-state index is 1.17. The van der Waals surface area contributed by atoms with Gasteiger partial charge in [0.2, 0.25) is 5.69 Å². The summed E-state index contributed by atoms with van der Waals surface area (Å²) in [6.45, 7) is 0. The van der Waals surface area contributed by atoms with Crippen LogP contribution in [0.3, 0.4) is 0 Å². The fourth-order valence-corrected chi connectivity index (χ4v) is 3.57. The normalized spacial score (nSPS) is 11.1. The van der Waals surface area contributed by atoms with Crippen LogP contribution in [0.5, 0.6) is 0 Å². The molecular weight excluding hydrogens is 328 g/mol. The molecule has 0 atom stereocenters. The Morgan fingerprint density at radius 3 is 1.74 bits per heavy atom. The molecule has 2 heterocycles. The van der Waals surface area contributed by atoms with Gasteiger partial charge in [-0.25, -0.2) is 4.57 Å². The summed E-state index contributed by atoms with van der Waals surface area (Å²) in [4.78, 5) is 0. The van der Waals surface area contributed by atoms with Gasteiger partial charge >= 0.3 is 0 Å². The molecule has 5 aromatic rings. The highest BCUT2D eigenvalue weighted by Gasteiger charge is 2.09. The van der Waals surface area contributed by atoms with Crippen LogP contribution in [-0.4, -0.2) is 0 Å². The molecule has 0 saturated carbocycles. The van der Waals surface area contributed by atoms with Gasteiger partial charge in [0.1, 0.15) is 7.05 Å². The van der Waals surface area contributed by atoms with Crippen LogP contribution in [0.1, 0.15) is 0 Å². The predicted molar refractivity (Wildman–Crippen MR) is 110 cm³/mol. The zero-order valence-electron chi connectivity index (χ0n) is 15.2. The lowest BCUT2D eigenvalue weighted by atomic mass is 10.0. The molecule has 0 fully saturated rings. The number of aryl methyl sites for hydroxylation is 1. The van der Waals surface area contributed by atoms with Crippen LogP contribution in [-0.2, 0) is 7.05 Å². The van der Waals surface area contributed by atoms with E-state index in [2.05, 4.69) is 108 Å². The lowest BCUT2D eigenvalue weighted by Gasteiger charge is -2.04. The third kappa shape index (κ3) is 2.96. The second kappa shape index (κ2) is 6.33. The molecule has 0 aliphatic heterocycles. The molecule has 2 aromatic heterocycles. The number of benzene rings is 3. The Balaban J connectivity index is 1.54. The largest absolute Gasteiger partial charge is 0.211 e. The van der Waals surface area contributed by atoms with E-state index in [9.17, 15) is 0 Å². The van der Waals surface area contributed by atoms with Gasteiger partial charge in [0.05, 0.1) is 0 Å². The van der Waals surface area contributed by atoms with Crippen LogP contribution in [0, 0.1) is 0 Å². The summed E-state index contributed by atoms with van der Waals surface area (Å²) in [5.74, 6) is 0. The number of nitrogens with zero attached hydrogens (tertiary/aromatic N) is 2. The molecule has 0 spiro atoms. The van der Waals surface area contributed by atoms with Gasteiger partial charge in [-0.15, -0.1) is 0 Å². The maximum absolute atomic E-state index is 2.27. The molecule has 0 unspecified atom stereocenters. The topological polar surface area (TPSA) is 7.76 Å². The van der Waals surface area contributed by atoms with Gasteiger partial charge in [-0.3, -0.25) is 0 Å². The number of fused-ring (bicyclic) bond motifs is 2. The first-order chi connectivity index (χ1) is 13.3. The van der Waals surface area contributed by atoms with Crippen molar-refractivity contribution in [2.75, 3.05) is 0 Å². The van der Waals surface area contributed by atoms with Crippen molar-refractivity contribution in [3.8, 4) is 16.8 Å². The average molecular weight is 348 g/mol. The smallest absolute Gasteiger partial charge is 0.208 e. The lowest BCUT2D eigenvalue weighted by molar-refractivity contribution is -0.671. The highest BCUT2D eigenvalue weighted by atomic mass is 14.9. The molecule has 0 N–H and O–H groups in total. The van der Waals surface area contributed by atoms with Gasteiger partial charge in [0.25, 0.3) is 0 Å². The van der Waals surface area contributed by atoms with Gasteiger partial charge in [0, 0.05) is 36.4 Å². The summed E-state index contributed by atoms with van der Waals surface area (Å²) in [6, 6.07) is 28.3. The van der Waals surface area contributed by atoms with Gasteiger partial charge in [-0.2, -0.15) is 4.57 Å². The zero-order chi connectivity index (χ0) is 18.2. The zero-order valence-corrected chi connectivity index (χ0v) is 15.2. The van der Waals surface area contributed by atoms with Crippen LogP contribution in [0.15, 0.2) is 104 Å². The van der Waals surface area contributed by atoms with Crippen molar-refractivity contribution < 1.29 is 9.13 Å². The fourth-order valence-electron chi connectivity index (χ4n) is 3.57. The Kier molecular flexibility index (Phi) is 3.68. The Hall–Kier alpha value is -3.52. The second-order valence-electron chi connectivity index (χ2n) is 6.98. The Labute approximate surface area is 158 Å². The van der Waals surface area contributed by atoms with E-state index in [4.69, 9.17) is 0 Å². The van der Waals surface area contributed by atoms with E-state index >= 15 is 0 Å². The van der Waals surface area contributed by atoms with E-state index in [0.29, 0.717) is 0 Å². The van der Waals surface area contributed by atoms with Crippen LogP contribution in [0.2, 0.25) is 0 Å². The Bertz CT molecular complexity index is 1250. The molecular formula is C25H20N2+2. The summed E-state index contributed by atoms with van der Waals surface area (Å²) < 4.78 is 4.21. The number of hydrogen-bond donors (Lipinski definition) is 0. The second-order valence-corrected chi connectivity index (χ2v) is 6.98. The van der Waals surface area contributed by atoms with Gasteiger partial charge in [-0.05, 0) is 50.9 Å². The average Bonchev–Trinajstić information content (AvgIpc) is 2.72. The van der Waals surface area contributed by atoms with Gasteiger partial charge in [0.15, 0.2) is 24.8 Å². The summed E-state index contributed by atoms with van der Waals surface area (Å²) in [7, 11) is 2.03. The van der Waals surface area contributed by atoms with Crippen LogP contribution < -0.4 is 9.13 Å². The third-order valence-electron chi connectivity index (χ3n) is 5.13. The van der Waals surface area contributed by atoms with Crippen molar-refractivity contribution in [2.24, 2.45) is 7.05 Å². The Morgan fingerprint density at radius 1 is 0.519 bits per heavy atom. The first-order valence-electron chi connectivity index (χ1n) is 9.16. The molecule has 5 rings (SSSR count). The van der Waals surface area contributed by atoms with E-state index in [1.807, 2.05) is 11.6 Å². The molecule has 27 heavy (non-hydrogen) atoms. The highest BCUT2D eigenvalue weighted by molar-refractivity contribution is 5.98. The molecule has 0 radical (unpaired) electrons. The van der Waals surface area contributed by atoms with E-state index in [1.54, 1.807) is 0 Å². The quantitative estimate of drug-likeness (QED) is 0.321. The molecule has 0 aliphatic rings. The Morgan fingerprint density at radius 2 is 1.07 bits per heavy atom. The summed E-state index contributed by atoms with van der Waals surface area (Å²) in [6.07, 6.45) is 8.41. The van der Waals surface area contributed by atoms with Crippen molar-refractivity contribution in [3.05, 3.63) is 104 Å². The van der Waals surface area contributed by atoms with Crippen molar-refractivity contribution in [3.63, 3.8) is 0 Å². The maximum atomic E-state index is 2.27. The fraction of sp³-hybridized carbons (Fsp3) is 0.0400. The SMILES string of the molecule is C[n+]1ccc(-c2cc[n+](-c3ccc4cc5ccccc5cc4c3)cc2)cc1. The minimum Gasteiger partial charge on any atom is -0.208 e. The first kappa shape index (κ1) is 15.7. The van der Waals surface area contributed by atoms with Gasteiger partial charge < -0.3 is 0 Å². The van der Waals surface area contributed by atoms with E-state index < -0.39 is 0 Å². The molecule has 0 aliphatic carbocycles. The molecule has 2 heteroatoms. The molecule has 2 nitrogen and oxygen atoms in total. The maximum Gasteiger partial charge on any atom is 0.211 e.